The fourth-order valence-corrected chi connectivity index (χ4v) is 4.97. The Labute approximate surface area is 205 Å². The molecule has 9 nitrogen and oxygen atoms in total. The van der Waals surface area contributed by atoms with Crippen molar-refractivity contribution in [1.29, 1.82) is 0 Å². The van der Waals surface area contributed by atoms with E-state index in [1.165, 1.54) is 11.5 Å². The van der Waals surface area contributed by atoms with Crippen LogP contribution in [0.5, 0.6) is 5.88 Å². The van der Waals surface area contributed by atoms with Gasteiger partial charge < -0.3 is 14.7 Å². The molecule has 1 unspecified atom stereocenters. The van der Waals surface area contributed by atoms with Crippen molar-refractivity contribution in [2.75, 3.05) is 24.6 Å². The lowest BCUT2D eigenvalue weighted by Crippen LogP contribution is -2.30. The molecule has 0 spiro atoms. The van der Waals surface area contributed by atoms with E-state index in [2.05, 4.69) is 9.88 Å². The molecule has 0 bridgehead atoms. The first-order valence-corrected chi connectivity index (χ1v) is 12.7. The average Bonchev–Trinajstić information content (AvgIpc) is 3.45. The monoisotopic (exact) mass is 526 g/mol. The lowest BCUT2D eigenvalue weighted by Gasteiger charge is -2.22. The Kier molecular flexibility index (Phi) is 6.88. The van der Waals surface area contributed by atoms with Gasteiger partial charge in [0.05, 0.1) is 16.3 Å². The van der Waals surface area contributed by atoms with Gasteiger partial charge in [0.15, 0.2) is 6.23 Å². The number of benzene rings is 1. The topological polar surface area (TPSA) is 107 Å². The third-order valence-corrected chi connectivity index (χ3v) is 7.55. The number of halogens is 3. The van der Waals surface area contributed by atoms with E-state index in [-0.39, 0.29) is 18.0 Å². The van der Waals surface area contributed by atoms with Crippen LogP contribution in [0.25, 0.3) is 5.69 Å². The SMILES string of the molecule is CCOC(c1ccnc(N2CCCC2)c1)n1c(C)c(O)n(-c2ccc(S(=O)(=O)C(F)(F)F)cc2)c1=O. The first kappa shape index (κ1) is 25.8. The van der Waals surface area contributed by atoms with Gasteiger partial charge in [-0.2, -0.15) is 13.2 Å². The summed E-state index contributed by atoms with van der Waals surface area (Å²) in [6, 6.07) is 7.05. The summed E-state index contributed by atoms with van der Waals surface area (Å²) in [6.45, 7) is 5.24. The Bertz CT molecular complexity index is 1410. The largest absolute Gasteiger partial charge is 0.501 e. The van der Waals surface area contributed by atoms with Crippen LogP contribution in [0.4, 0.5) is 19.0 Å². The fourth-order valence-electron chi connectivity index (χ4n) is 4.21. The maximum Gasteiger partial charge on any atom is 0.501 e. The lowest BCUT2D eigenvalue weighted by molar-refractivity contribution is -0.0436. The molecule has 0 aliphatic carbocycles. The predicted octanol–water partition coefficient (Wildman–Crippen LogP) is 3.53. The van der Waals surface area contributed by atoms with Crippen LogP contribution in [0.15, 0.2) is 52.3 Å². The summed E-state index contributed by atoms with van der Waals surface area (Å²) in [4.78, 5) is 19.0. The van der Waals surface area contributed by atoms with Crippen LogP contribution < -0.4 is 10.6 Å². The number of pyridine rings is 1. The van der Waals surface area contributed by atoms with E-state index >= 15 is 0 Å². The van der Waals surface area contributed by atoms with Gasteiger partial charge in [-0.1, -0.05) is 0 Å². The number of nitrogens with zero attached hydrogens (tertiary/aromatic N) is 4. The minimum atomic E-state index is -5.55. The summed E-state index contributed by atoms with van der Waals surface area (Å²) in [6.07, 6.45) is 2.81. The zero-order valence-electron chi connectivity index (χ0n) is 19.6. The van der Waals surface area contributed by atoms with Gasteiger partial charge in [0, 0.05) is 31.5 Å². The van der Waals surface area contributed by atoms with Crippen LogP contribution >= 0.6 is 0 Å². The van der Waals surface area contributed by atoms with Gasteiger partial charge in [0.1, 0.15) is 5.82 Å². The van der Waals surface area contributed by atoms with Crippen LogP contribution in [0.2, 0.25) is 0 Å². The summed E-state index contributed by atoms with van der Waals surface area (Å²) in [5.41, 5.74) is -5.40. The molecular weight excluding hydrogens is 501 g/mol. The predicted molar refractivity (Wildman–Crippen MR) is 125 cm³/mol. The number of alkyl halides is 3. The van der Waals surface area contributed by atoms with Crippen molar-refractivity contribution in [2.24, 2.45) is 0 Å². The second-order valence-electron chi connectivity index (χ2n) is 8.29. The number of hydrogen-bond acceptors (Lipinski definition) is 7. The first-order valence-electron chi connectivity index (χ1n) is 11.2. The number of aromatic nitrogens is 3. The second kappa shape index (κ2) is 9.62. The second-order valence-corrected chi connectivity index (χ2v) is 10.2. The van der Waals surface area contributed by atoms with Gasteiger partial charge in [-0.3, -0.25) is 4.57 Å². The van der Waals surface area contributed by atoms with Gasteiger partial charge in [-0.05, 0) is 63.1 Å². The van der Waals surface area contributed by atoms with Crippen LogP contribution in [-0.2, 0) is 14.6 Å². The maximum atomic E-state index is 13.4. The van der Waals surface area contributed by atoms with E-state index in [1.54, 1.807) is 19.2 Å². The van der Waals surface area contributed by atoms with Crippen molar-refractivity contribution in [3.63, 3.8) is 0 Å². The Hall–Kier alpha value is -3.32. The molecule has 1 N–H and O–H groups in total. The Morgan fingerprint density at radius 1 is 1.14 bits per heavy atom. The number of sulfone groups is 1. The fraction of sp³-hybridized carbons (Fsp3) is 0.391. The van der Waals surface area contributed by atoms with E-state index in [9.17, 15) is 31.5 Å². The molecule has 36 heavy (non-hydrogen) atoms. The summed E-state index contributed by atoms with van der Waals surface area (Å²) in [5.74, 6) is 0.287. The molecule has 0 amide bonds. The van der Waals surface area contributed by atoms with Crippen molar-refractivity contribution < 1.29 is 31.4 Å². The Balaban J connectivity index is 1.77. The minimum absolute atomic E-state index is 0.0109. The number of ether oxygens (including phenoxy) is 1. The summed E-state index contributed by atoms with van der Waals surface area (Å²) in [5, 5.41) is 10.8. The van der Waals surface area contributed by atoms with Gasteiger partial charge in [0.2, 0.25) is 5.88 Å². The highest BCUT2D eigenvalue weighted by Crippen LogP contribution is 2.32. The van der Waals surface area contributed by atoms with Crippen LogP contribution in [0, 0.1) is 6.92 Å². The molecule has 1 saturated heterocycles. The third kappa shape index (κ3) is 4.48. The van der Waals surface area contributed by atoms with Crippen LogP contribution in [-0.4, -0.2) is 52.8 Å². The van der Waals surface area contributed by atoms with E-state index in [1.807, 2.05) is 6.07 Å². The lowest BCUT2D eigenvalue weighted by atomic mass is 10.2. The standard InChI is InChI=1S/C23H25F3N4O5S/c1-3-35-21(16-10-11-27-19(14-16)28-12-4-5-13-28)29-15(2)20(31)30(22(29)32)17-6-8-18(9-7-17)36(33,34)23(24,25)26/h6-11,14,21,31H,3-5,12-13H2,1-2H3. The maximum absolute atomic E-state index is 13.4. The molecule has 1 aliphatic rings. The molecule has 3 aromatic rings. The Morgan fingerprint density at radius 2 is 1.78 bits per heavy atom. The highest BCUT2D eigenvalue weighted by Gasteiger charge is 2.46. The molecule has 194 valence electrons. The minimum Gasteiger partial charge on any atom is -0.493 e. The third-order valence-electron chi connectivity index (χ3n) is 6.05. The normalized spacial score (nSPS) is 15.4. The van der Waals surface area contributed by atoms with Crippen molar-refractivity contribution >= 4 is 15.7 Å². The van der Waals surface area contributed by atoms with E-state index in [4.69, 9.17) is 4.74 Å². The average molecular weight is 527 g/mol. The zero-order valence-corrected chi connectivity index (χ0v) is 20.4. The number of rotatable bonds is 7. The summed E-state index contributed by atoms with van der Waals surface area (Å²) in [7, 11) is -5.55. The quantitative estimate of drug-likeness (QED) is 0.502. The molecule has 2 aromatic heterocycles. The number of anilines is 1. The highest BCUT2D eigenvalue weighted by molar-refractivity contribution is 7.92. The van der Waals surface area contributed by atoms with Gasteiger partial charge >= 0.3 is 11.2 Å². The molecule has 0 saturated carbocycles. The number of aromatic hydroxyl groups is 1. The number of hydrogen-bond donors (Lipinski definition) is 1. The van der Waals surface area contributed by atoms with Crippen molar-refractivity contribution in [2.45, 2.75) is 43.3 Å². The molecule has 1 aromatic carbocycles. The molecule has 1 fully saturated rings. The smallest absolute Gasteiger partial charge is 0.493 e. The summed E-state index contributed by atoms with van der Waals surface area (Å²) >= 11 is 0. The summed E-state index contributed by atoms with van der Waals surface area (Å²) < 4.78 is 69.9. The van der Waals surface area contributed by atoms with Crippen molar-refractivity contribution in [3.05, 3.63) is 64.3 Å². The van der Waals surface area contributed by atoms with E-state index in [0.717, 1.165) is 60.6 Å². The van der Waals surface area contributed by atoms with E-state index in [0.29, 0.717) is 5.56 Å². The molecule has 3 heterocycles. The van der Waals surface area contributed by atoms with Gasteiger partial charge in [-0.15, -0.1) is 0 Å². The molecule has 13 heteroatoms. The Morgan fingerprint density at radius 3 is 2.36 bits per heavy atom. The molecule has 0 radical (unpaired) electrons. The van der Waals surface area contributed by atoms with Crippen LogP contribution in [0.3, 0.4) is 0 Å². The van der Waals surface area contributed by atoms with Crippen molar-refractivity contribution in [3.8, 4) is 11.6 Å². The van der Waals surface area contributed by atoms with Crippen molar-refractivity contribution in [1.82, 2.24) is 14.1 Å². The number of imidazole rings is 1. The molecule has 4 rings (SSSR count). The molecular formula is C23H25F3N4O5S. The van der Waals surface area contributed by atoms with Gasteiger partial charge in [0.25, 0.3) is 9.84 Å². The zero-order chi connectivity index (χ0) is 26.3. The van der Waals surface area contributed by atoms with Crippen LogP contribution in [0.1, 0.15) is 37.3 Å². The van der Waals surface area contributed by atoms with E-state index < -0.39 is 38.0 Å². The molecule has 1 aliphatic heterocycles. The first-order chi connectivity index (χ1) is 17.0. The molecule has 1 atom stereocenters. The highest BCUT2D eigenvalue weighted by atomic mass is 32.2. The van der Waals surface area contributed by atoms with Gasteiger partial charge in [-0.25, -0.2) is 22.8 Å².